The van der Waals surface area contributed by atoms with Crippen LogP contribution in [0.15, 0.2) is 49.1 Å². The van der Waals surface area contributed by atoms with Crippen molar-refractivity contribution < 1.29 is 0 Å². The van der Waals surface area contributed by atoms with Crippen LogP contribution in [-0.2, 0) is 12.8 Å². The summed E-state index contributed by atoms with van der Waals surface area (Å²) in [6.07, 6.45) is 5.90. The van der Waals surface area contributed by atoms with E-state index in [-0.39, 0.29) is 0 Å². The summed E-state index contributed by atoms with van der Waals surface area (Å²) >= 11 is 0. The third kappa shape index (κ3) is 1.47. The van der Waals surface area contributed by atoms with E-state index >= 15 is 0 Å². The lowest BCUT2D eigenvalue weighted by atomic mass is 9.88. The Morgan fingerprint density at radius 1 is 1.24 bits per heavy atom. The molecule has 3 rings (SSSR count). The normalized spacial score (nSPS) is 13.5. The van der Waals surface area contributed by atoms with Crippen LogP contribution in [0.2, 0.25) is 0 Å². The minimum absolute atomic E-state index is 0.902. The predicted molar refractivity (Wildman–Crippen MR) is 73.7 cm³/mol. The highest BCUT2D eigenvalue weighted by molar-refractivity contribution is 5.99. The molecule has 84 valence electrons. The van der Waals surface area contributed by atoms with Crippen molar-refractivity contribution in [3.8, 4) is 0 Å². The summed E-state index contributed by atoms with van der Waals surface area (Å²) in [4.78, 5) is 0. The Balaban J connectivity index is 2.40. The van der Waals surface area contributed by atoms with E-state index < -0.39 is 0 Å². The van der Waals surface area contributed by atoms with E-state index in [1.165, 1.54) is 27.5 Å². The number of nitrogens with two attached hydrogens (primary N) is 1. The van der Waals surface area contributed by atoms with Crippen molar-refractivity contribution in [2.24, 2.45) is 5.73 Å². The Hall–Kier alpha value is -2.02. The lowest BCUT2D eigenvalue weighted by Crippen LogP contribution is -2.05. The van der Waals surface area contributed by atoms with E-state index in [1.807, 2.05) is 6.08 Å². The zero-order chi connectivity index (χ0) is 11.8. The summed E-state index contributed by atoms with van der Waals surface area (Å²) in [5.74, 6) is 0. The molecule has 0 aromatic heterocycles. The molecule has 0 radical (unpaired) electrons. The van der Waals surface area contributed by atoms with Crippen molar-refractivity contribution in [3.63, 3.8) is 0 Å². The first kappa shape index (κ1) is 10.2. The number of hydrogen-bond acceptors (Lipinski definition) is 1. The third-order valence-electron chi connectivity index (χ3n) is 3.43. The highest BCUT2D eigenvalue weighted by Gasteiger charge is 2.14. The summed E-state index contributed by atoms with van der Waals surface area (Å²) in [6, 6.07) is 10.8. The minimum Gasteiger partial charge on any atom is -0.398 e. The molecule has 0 heterocycles. The van der Waals surface area contributed by atoms with E-state index in [0.717, 1.165) is 18.5 Å². The van der Waals surface area contributed by atoms with Gasteiger partial charge in [0.25, 0.3) is 0 Å². The van der Waals surface area contributed by atoms with Gasteiger partial charge in [-0.1, -0.05) is 42.5 Å². The first-order valence-corrected chi connectivity index (χ1v) is 5.91. The molecular formula is C16H15N. The summed E-state index contributed by atoms with van der Waals surface area (Å²) in [5, 5.41) is 2.64. The minimum atomic E-state index is 0.902. The maximum Gasteiger partial charge on any atom is 0.0356 e. The molecule has 17 heavy (non-hydrogen) atoms. The number of hydrogen-bond donors (Lipinski definition) is 1. The van der Waals surface area contributed by atoms with Crippen LogP contribution in [0, 0.1) is 0 Å². The molecular weight excluding hydrogens is 206 g/mol. The van der Waals surface area contributed by atoms with Gasteiger partial charge in [-0.05, 0) is 34.7 Å². The number of rotatable bonds is 2. The molecule has 0 spiro atoms. The molecule has 0 fully saturated rings. The Labute approximate surface area is 101 Å². The van der Waals surface area contributed by atoms with Gasteiger partial charge in [0.05, 0.1) is 0 Å². The SMILES string of the molecule is C=CCc1ccc2c3c(cccc13)CC=C2N. The van der Waals surface area contributed by atoms with Crippen LogP contribution >= 0.6 is 0 Å². The second kappa shape index (κ2) is 3.77. The zero-order valence-electron chi connectivity index (χ0n) is 9.74. The Morgan fingerprint density at radius 3 is 2.94 bits per heavy atom. The fourth-order valence-corrected chi connectivity index (χ4v) is 2.62. The van der Waals surface area contributed by atoms with Gasteiger partial charge < -0.3 is 5.73 Å². The molecule has 2 N–H and O–H groups in total. The number of allylic oxidation sites excluding steroid dienone is 2. The molecule has 0 bridgehead atoms. The first-order chi connectivity index (χ1) is 8.31. The van der Waals surface area contributed by atoms with Crippen LogP contribution in [0.25, 0.3) is 16.5 Å². The molecule has 0 unspecified atom stereocenters. The van der Waals surface area contributed by atoms with Gasteiger partial charge in [0.1, 0.15) is 0 Å². The second-order valence-corrected chi connectivity index (χ2v) is 4.47. The van der Waals surface area contributed by atoms with Crippen molar-refractivity contribution in [2.45, 2.75) is 12.8 Å². The van der Waals surface area contributed by atoms with E-state index in [9.17, 15) is 0 Å². The molecule has 2 aromatic carbocycles. The van der Waals surface area contributed by atoms with Gasteiger partial charge in [0, 0.05) is 11.3 Å². The average molecular weight is 221 g/mol. The molecule has 1 aliphatic rings. The largest absolute Gasteiger partial charge is 0.398 e. The van der Waals surface area contributed by atoms with Gasteiger partial charge in [0.2, 0.25) is 0 Å². The van der Waals surface area contributed by atoms with Gasteiger partial charge in [-0.3, -0.25) is 0 Å². The summed E-state index contributed by atoms with van der Waals surface area (Å²) in [7, 11) is 0. The molecule has 1 aliphatic carbocycles. The molecule has 0 amide bonds. The Kier molecular flexibility index (Phi) is 2.25. The zero-order valence-corrected chi connectivity index (χ0v) is 9.74. The van der Waals surface area contributed by atoms with E-state index in [0.29, 0.717) is 0 Å². The molecule has 0 aliphatic heterocycles. The van der Waals surface area contributed by atoms with Crippen molar-refractivity contribution in [1.82, 2.24) is 0 Å². The van der Waals surface area contributed by atoms with Crippen LogP contribution in [-0.4, -0.2) is 0 Å². The van der Waals surface area contributed by atoms with Gasteiger partial charge in [-0.15, -0.1) is 6.58 Å². The van der Waals surface area contributed by atoms with E-state index in [4.69, 9.17) is 5.73 Å². The van der Waals surface area contributed by atoms with E-state index in [2.05, 4.69) is 43.0 Å². The second-order valence-electron chi connectivity index (χ2n) is 4.47. The van der Waals surface area contributed by atoms with Crippen LogP contribution < -0.4 is 5.73 Å². The average Bonchev–Trinajstić information content (AvgIpc) is 2.36. The molecule has 2 aromatic rings. The molecule has 0 atom stereocenters. The summed E-state index contributed by atoms with van der Waals surface area (Å²) in [5.41, 5.74) is 10.8. The number of benzene rings is 2. The van der Waals surface area contributed by atoms with Gasteiger partial charge >= 0.3 is 0 Å². The Morgan fingerprint density at radius 2 is 2.12 bits per heavy atom. The lowest BCUT2D eigenvalue weighted by Gasteiger charge is -2.18. The molecule has 0 saturated heterocycles. The highest BCUT2D eigenvalue weighted by Crippen LogP contribution is 2.33. The van der Waals surface area contributed by atoms with Crippen LogP contribution in [0.1, 0.15) is 16.7 Å². The fraction of sp³-hybridized carbons (Fsp3) is 0.125. The summed E-state index contributed by atoms with van der Waals surface area (Å²) < 4.78 is 0. The molecule has 1 heteroatoms. The van der Waals surface area contributed by atoms with Crippen molar-refractivity contribution in [1.29, 1.82) is 0 Å². The summed E-state index contributed by atoms with van der Waals surface area (Å²) in [6.45, 7) is 3.82. The molecule has 0 saturated carbocycles. The van der Waals surface area contributed by atoms with Crippen LogP contribution in [0.4, 0.5) is 0 Å². The van der Waals surface area contributed by atoms with Crippen molar-refractivity contribution in [3.05, 3.63) is 65.8 Å². The van der Waals surface area contributed by atoms with Crippen LogP contribution in [0.3, 0.4) is 0 Å². The maximum absolute atomic E-state index is 6.07. The standard InChI is InChI=1S/C16H15N/c1-2-4-11-7-9-14-15(17)10-8-12-5-3-6-13(11)16(12)14/h2-3,5-7,9-10H,1,4,8,17H2. The topological polar surface area (TPSA) is 26.0 Å². The van der Waals surface area contributed by atoms with E-state index in [1.54, 1.807) is 0 Å². The Bertz CT molecular complexity index is 635. The van der Waals surface area contributed by atoms with Gasteiger partial charge in [0.15, 0.2) is 0 Å². The first-order valence-electron chi connectivity index (χ1n) is 5.91. The third-order valence-corrected chi connectivity index (χ3v) is 3.43. The molecule has 1 nitrogen and oxygen atoms in total. The lowest BCUT2D eigenvalue weighted by molar-refractivity contribution is 1.24. The monoisotopic (exact) mass is 221 g/mol. The predicted octanol–water partition coefficient (Wildman–Crippen LogP) is 3.42. The fourth-order valence-electron chi connectivity index (χ4n) is 2.62. The van der Waals surface area contributed by atoms with Crippen molar-refractivity contribution in [2.75, 3.05) is 0 Å². The quantitative estimate of drug-likeness (QED) is 0.772. The van der Waals surface area contributed by atoms with Crippen molar-refractivity contribution >= 4 is 16.5 Å². The maximum atomic E-state index is 6.07. The van der Waals surface area contributed by atoms with Crippen LogP contribution in [0.5, 0.6) is 0 Å². The highest BCUT2D eigenvalue weighted by atomic mass is 14.6. The van der Waals surface area contributed by atoms with Gasteiger partial charge in [-0.2, -0.15) is 0 Å². The smallest absolute Gasteiger partial charge is 0.0356 e. The van der Waals surface area contributed by atoms with Gasteiger partial charge in [-0.25, -0.2) is 0 Å².